The van der Waals surface area contributed by atoms with Gasteiger partial charge in [-0.25, -0.2) is 0 Å². The first-order chi connectivity index (χ1) is 4.22. The summed E-state index contributed by atoms with van der Waals surface area (Å²) >= 11 is 0. The molecule has 0 heterocycles. The predicted octanol–water partition coefficient (Wildman–Crippen LogP) is 0.195. The van der Waals surface area contributed by atoms with Crippen LogP contribution in [0.3, 0.4) is 0 Å². The van der Waals surface area contributed by atoms with Crippen molar-refractivity contribution in [2.75, 3.05) is 6.54 Å². The molecule has 3 heteroatoms. The first kappa shape index (κ1) is 8.43. The number of hydrogen-bond acceptors (Lipinski definition) is 2. The molecule has 2 nitrogen and oxygen atoms in total. The average molecular weight is 123 g/mol. The van der Waals surface area contributed by atoms with E-state index < -0.39 is 0 Å². The summed E-state index contributed by atoms with van der Waals surface area (Å²) in [4.78, 5) is 10.7. The van der Waals surface area contributed by atoms with Crippen LogP contribution in [0.4, 0.5) is 0 Å². The molecular weight excluding hydrogens is 113 g/mol. The number of nitrogens with one attached hydrogen (secondary N) is 1. The lowest BCUT2D eigenvalue weighted by Gasteiger charge is -1.99. The lowest BCUT2D eigenvalue weighted by atomic mass is 10.1. The molecule has 0 aliphatic heterocycles. The molecule has 0 amide bonds. The van der Waals surface area contributed by atoms with Crippen molar-refractivity contribution < 1.29 is 4.79 Å². The topological polar surface area (TPSA) is 29.1 Å². The zero-order valence-corrected chi connectivity index (χ0v) is 5.61. The summed E-state index contributed by atoms with van der Waals surface area (Å²) in [6.07, 6.45) is 0.501. The zero-order valence-electron chi connectivity index (χ0n) is 5.61. The van der Waals surface area contributed by atoms with E-state index in [0.29, 0.717) is 18.5 Å². The molecule has 2 radical (unpaired) electrons. The van der Waals surface area contributed by atoms with E-state index in [0.717, 1.165) is 0 Å². The normalized spacial score (nSPS) is 9.00. The quantitative estimate of drug-likeness (QED) is 0.427. The highest BCUT2D eigenvalue weighted by Crippen LogP contribution is 1.92. The number of ketones is 1. The fraction of sp³-hybridized carbons (Fsp3) is 0.500. The van der Waals surface area contributed by atoms with Gasteiger partial charge in [0.1, 0.15) is 0 Å². The second-order valence-electron chi connectivity index (χ2n) is 1.76. The number of hydrogen-bond donors (Lipinski definition) is 1. The molecule has 0 bridgehead atoms. The first-order valence-electron chi connectivity index (χ1n) is 2.86. The number of rotatable bonds is 4. The Labute approximate surface area is 56.8 Å². The number of carbonyl (C=O) groups excluding carboxylic acids is 1. The van der Waals surface area contributed by atoms with Crippen LogP contribution >= 0.6 is 0 Å². The van der Waals surface area contributed by atoms with Gasteiger partial charge in [-0.05, 0) is 0 Å². The van der Waals surface area contributed by atoms with Crippen molar-refractivity contribution >= 4 is 13.8 Å². The molecule has 0 saturated carbocycles. The summed E-state index contributed by atoms with van der Waals surface area (Å²) in [6, 6.07) is 0. The molecule has 0 spiro atoms. The van der Waals surface area contributed by atoms with E-state index in [2.05, 4.69) is 11.8 Å². The average Bonchev–Trinajstić information content (AvgIpc) is 1.87. The van der Waals surface area contributed by atoms with Crippen LogP contribution in [0.25, 0.3) is 0 Å². The predicted molar refractivity (Wildman–Crippen MR) is 38.2 cm³/mol. The monoisotopic (exact) mass is 123 g/mol. The summed E-state index contributed by atoms with van der Waals surface area (Å²) in [5, 5.41) is 2.36. The third-order valence-corrected chi connectivity index (χ3v) is 1.03. The lowest BCUT2D eigenvalue weighted by Crippen LogP contribution is -2.16. The van der Waals surface area contributed by atoms with Crippen molar-refractivity contribution in [2.24, 2.45) is 0 Å². The minimum absolute atomic E-state index is 0.0629. The Morgan fingerprint density at radius 2 is 2.33 bits per heavy atom. The molecule has 0 saturated heterocycles. The molecule has 0 aromatic carbocycles. The van der Waals surface area contributed by atoms with Crippen LogP contribution in [0.1, 0.15) is 13.3 Å². The minimum atomic E-state index is 0.0629. The highest BCUT2D eigenvalue weighted by molar-refractivity contribution is 6.05. The van der Waals surface area contributed by atoms with Crippen LogP contribution in [0.15, 0.2) is 12.2 Å². The number of carbonyl (C=O) groups is 1. The van der Waals surface area contributed by atoms with Gasteiger partial charge in [-0.2, -0.15) is 0 Å². The largest absolute Gasteiger partial charge is 0.363 e. The second kappa shape index (κ2) is 4.33. The molecule has 0 rings (SSSR count). The highest BCUT2D eigenvalue weighted by atomic mass is 16.1. The molecule has 0 unspecified atom stereocenters. The van der Waals surface area contributed by atoms with Crippen LogP contribution in [-0.2, 0) is 4.79 Å². The third-order valence-electron chi connectivity index (χ3n) is 1.03. The lowest BCUT2D eigenvalue weighted by molar-refractivity contribution is -0.115. The van der Waals surface area contributed by atoms with Gasteiger partial charge in [0.2, 0.25) is 0 Å². The zero-order chi connectivity index (χ0) is 7.28. The van der Waals surface area contributed by atoms with Crippen molar-refractivity contribution in [2.45, 2.75) is 13.3 Å². The molecule has 0 aromatic rings. The Morgan fingerprint density at radius 3 is 2.67 bits per heavy atom. The maximum absolute atomic E-state index is 10.7. The Kier molecular flexibility index (Phi) is 4.06. The fourth-order valence-corrected chi connectivity index (χ4v) is 0.472. The van der Waals surface area contributed by atoms with E-state index in [9.17, 15) is 4.79 Å². The van der Waals surface area contributed by atoms with Gasteiger partial charge < -0.3 is 5.23 Å². The van der Waals surface area contributed by atoms with Gasteiger partial charge in [0.05, 0.1) is 0 Å². The molecule has 0 aromatic heterocycles. The molecule has 0 aliphatic carbocycles. The van der Waals surface area contributed by atoms with E-state index in [1.807, 2.05) is 0 Å². The fourth-order valence-electron chi connectivity index (χ4n) is 0.472. The standard InChI is InChI=1S/C6H10BNO/c1-3-6(9)5(2)4-8-7/h8H,2-4H2,1H3. The van der Waals surface area contributed by atoms with Crippen molar-refractivity contribution in [3.05, 3.63) is 12.2 Å². The Balaban J connectivity index is 3.60. The summed E-state index contributed by atoms with van der Waals surface area (Å²) < 4.78 is 0. The van der Waals surface area contributed by atoms with Gasteiger partial charge in [0.15, 0.2) is 13.8 Å². The highest BCUT2D eigenvalue weighted by Gasteiger charge is 2.00. The van der Waals surface area contributed by atoms with Gasteiger partial charge in [0, 0.05) is 18.5 Å². The van der Waals surface area contributed by atoms with Crippen molar-refractivity contribution in [1.29, 1.82) is 0 Å². The Hall–Kier alpha value is -0.565. The second-order valence-corrected chi connectivity index (χ2v) is 1.76. The maximum atomic E-state index is 10.7. The van der Waals surface area contributed by atoms with Crippen LogP contribution in [0.2, 0.25) is 0 Å². The Morgan fingerprint density at radius 1 is 1.78 bits per heavy atom. The molecule has 0 atom stereocenters. The maximum Gasteiger partial charge on any atom is 0.178 e. The Bertz CT molecular complexity index is 122. The van der Waals surface area contributed by atoms with Gasteiger partial charge in [-0.1, -0.05) is 13.5 Å². The summed E-state index contributed by atoms with van der Waals surface area (Å²) in [5.74, 6) is 0.0629. The molecule has 48 valence electrons. The van der Waals surface area contributed by atoms with E-state index in [4.69, 9.17) is 7.98 Å². The van der Waals surface area contributed by atoms with E-state index in [-0.39, 0.29) is 5.78 Å². The van der Waals surface area contributed by atoms with E-state index in [1.54, 1.807) is 6.92 Å². The number of Topliss-reactive ketones (excluding diaryl/α,β-unsaturated/α-hetero) is 1. The van der Waals surface area contributed by atoms with Crippen molar-refractivity contribution in [3.8, 4) is 0 Å². The minimum Gasteiger partial charge on any atom is -0.363 e. The summed E-state index contributed by atoms with van der Waals surface area (Å²) in [5.41, 5.74) is 0.542. The van der Waals surface area contributed by atoms with Gasteiger partial charge in [-0.15, -0.1) is 0 Å². The van der Waals surface area contributed by atoms with Crippen LogP contribution in [0, 0.1) is 0 Å². The summed E-state index contributed by atoms with van der Waals surface area (Å²) in [7, 11) is 4.96. The van der Waals surface area contributed by atoms with Crippen molar-refractivity contribution in [3.63, 3.8) is 0 Å². The van der Waals surface area contributed by atoms with Gasteiger partial charge in [-0.3, -0.25) is 4.79 Å². The molecule has 0 fully saturated rings. The first-order valence-corrected chi connectivity index (χ1v) is 2.86. The molecular formula is C6H10BNO. The SMILES string of the molecule is [B]NCC(=C)C(=O)CC. The molecule has 1 N–H and O–H groups in total. The van der Waals surface area contributed by atoms with Gasteiger partial charge >= 0.3 is 0 Å². The van der Waals surface area contributed by atoms with Gasteiger partial charge in [0.25, 0.3) is 0 Å². The summed E-state index contributed by atoms with van der Waals surface area (Å²) in [6.45, 7) is 5.70. The molecule has 9 heavy (non-hydrogen) atoms. The van der Waals surface area contributed by atoms with E-state index in [1.165, 1.54) is 0 Å². The van der Waals surface area contributed by atoms with Crippen LogP contribution < -0.4 is 5.23 Å². The van der Waals surface area contributed by atoms with Crippen molar-refractivity contribution in [1.82, 2.24) is 5.23 Å². The molecule has 0 aliphatic rings. The van der Waals surface area contributed by atoms with Crippen LogP contribution in [-0.4, -0.2) is 20.3 Å². The van der Waals surface area contributed by atoms with Crippen LogP contribution in [0.5, 0.6) is 0 Å². The third kappa shape index (κ3) is 3.09. The van der Waals surface area contributed by atoms with E-state index >= 15 is 0 Å². The smallest absolute Gasteiger partial charge is 0.178 e.